The van der Waals surface area contributed by atoms with Gasteiger partial charge in [0, 0.05) is 5.56 Å². The number of aliphatic imine (C=N–C) groups is 1. The van der Waals surface area contributed by atoms with Gasteiger partial charge in [-0.2, -0.15) is 0 Å². The highest BCUT2D eigenvalue weighted by atomic mass is 32.2. The van der Waals surface area contributed by atoms with Crippen LogP contribution in [0.3, 0.4) is 0 Å². The monoisotopic (exact) mass is 445 g/mol. The van der Waals surface area contributed by atoms with Crippen molar-refractivity contribution in [2.75, 3.05) is 28.4 Å². The lowest BCUT2D eigenvalue weighted by molar-refractivity contribution is -0.135. The van der Waals surface area contributed by atoms with Crippen molar-refractivity contribution in [3.63, 3.8) is 0 Å². The number of benzene rings is 2. The number of hydrogen-bond donors (Lipinski definition) is 1. The van der Waals surface area contributed by atoms with E-state index >= 15 is 0 Å². The van der Waals surface area contributed by atoms with Gasteiger partial charge in [-0.3, -0.25) is 0 Å². The van der Waals surface area contributed by atoms with Gasteiger partial charge < -0.3 is 24.1 Å². The number of carbonyl (C=O) groups is 1. The first-order chi connectivity index (χ1) is 14.9. The second-order valence-corrected chi connectivity index (χ2v) is 7.15. The fraction of sp³-hybridized carbons (Fsp3) is 0.182. The van der Waals surface area contributed by atoms with Gasteiger partial charge in [0.2, 0.25) is 5.75 Å². The summed E-state index contributed by atoms with van der Waals surface area (Å²) in [5, 5.41) is 10.8. The third-order valence-electron chi connectivity index (χ3n) is 4.38. The molecule has 9 heteroatoms. The van der Waals surface area contributed by atoms with Gasteiger partial charge in [0.15, 0.2) is 11.5 Å². The molecule has 0 unspecified atom stereocenters. The molecule has 0 atom stereocenters. The smallest absolute Gasteiger partial charge is 0.344 e. The Bertz CT molecular complexity index is 1110. The lowest BCUT2D eigenvalue weighted by Crippen LogP contribution is -2.10. The summed E-state index contributed by atoms with van der Waals surface area (Å²) >= 11 is 1.00. The molecule has 31 heavy (non-hydrogen) atoms. The van der Waals surface area contributed by atoms with E-state index in [0.717, 1.165) is 11.8 Å². The van der Waals surface area contributed by atoms with Crippen LogP contribution >= 0.6 is 11.8 Å². The van der Waals surface area contributed by atoms with E-state index in [4.69, 9.17) is 18.9 Å². The molecule has 0 aromatic heterocycles. The van der Waals surface area contributed by atoms with E-state index < -0.39 is 11.8 Å². The number of ether oxygens (including phenoxy) is 4. The number of aliphatic hydroxyl groups excluding tert-OH is 1. The lowest BCUT2D eigenvalue weighted by atomic mass is 10.1. The van der Waals surface area contributed by atoms with Crippen molar-refractivity contribution in [1.29, 1.82) is 0 Å². The van der Waals surface area contributed by atoms with Crippen molar-refractivity contribution in [3.8, 4) is 17.2 Å². The van der Waals surface area contributed by atoms with Crippen LogP contribution in [0, 0.1) is 5.82 Å². The van der Waals surface area contributed by atoms with E-state index in [2.05, 4.69) is 4.99 Å². The number of hydrogen-bond acceptors (Lipinski definition) is 8. The van der Waals surface area contributed by atoms with E-state index in [1.54, 1.807) is 24.3 Å². The highest BCUT2D eigenvalue weighted by Crippen LogP contribution is 2.44. The summed E-state index contributed by atoms with van der Waals surface area (Å²) in [7, 11) is 5.65. The van der Waals surface area contributed by atoms with Gasteiger partial charge in [0.1, 0.15) is 27.9 Å². The molecule has 3 rings (SSSR count). The van der Waals surface area contributed by atoms with Crippen molar-refractivity contribution < 1.29 is 33.2 Å². The molecule has 1 N–H and O–H groups in total. The third-order valence-corrected chi connectivity index (χ3v) is 5.40. The zero-order chi connectivity index (χ0) is 22.5. The van der Waals surface area contributed by atoms with E-state index in [1.807, 2.05) is 0 Å². The third kappa shape index (κ3) is 4.36. The predicted octanol–water partition coefficient (Wildman–Crippen LogP) is 4.65. The Morgan fingerprint density at radius 2 is 1.74 bits per heavy atom. The molecule has 0 amide bonds. The normalized spacial score (nSPS) is 16.0. The number of halogens is 1. The molecule has 1 aliphatic rings. The maximum Gasteiger partial charge on any atom is 0.344 e. The molecule has 1 heterocycles. The quantitative estimate of drug-likeness (QED) is 0.648. The first kappa shape index (κ1) is 22.2. The van der Waals surface area contributed by atoms with Crippen LogP contribution < -0.4 is 14.2 Å². The number of rotatable bonds is 6. The van der Waals surface area contributed by atoms with Crippen LogP contribution in [-0.2, 0) is 9.53 Å². The van der Waals surface area contributed by atoms with Crippen molar-refractivity contribution >= 4 is 34.5 Å². The number of para-hydroxylation sites is 1. The number of thioether (sulfide) groups is 1. The highest BCUT2D eigenvalue weighted by Gasteiger charge is 2.33. The zero-order valence-corrected chi connectivity index (χ0v) is 18.1. The van der Waals surface area contributed by atoms with Crippen LogP contribution in [0.4, 0.5) is 10.1 Å². The van der Waals surface area contributed by atoms with E-state index in [9.17, 15) is 14.3 Å². The fourth-order valence-electron chi connectivity index (χ4n) is 2.92. The maximum atomic E-state index is 14.1. The predicted molar refractivity (Wildman–Crippen MR) is 117 cm³/mol. The molecule has 7 nitrogen and oxygen atoms in total. The summed E-state index contributed by atoms with van der Waals surface area (Å²) in [5.74, 6) is -0.455. The SMILES string of the molecule is COC(=O)C1=C(O)C(=Cc2ccc(OC)c(OC)c2OC)SC1=Nc1ccccc1F. The summed E-state index contributed by atoms with van der Waals surface area (Å²) in [4.78, 5) is 16.8. The topological polar surface area (TPSA) is 86.6 Å². The molecular weight excluding hydrogens is 425 g/mol. The largest absolute Gasteiger partial charge is 0.506 e. The molecule has 1 aliphatic heterocycles. The van der Waals surface area contributed by atoms with Crippen molar-refractivity contribution in [2.45, 2.75) is 0 Å². The zero-order valence-electron chi connectivity index (χ0n) is 17.3. The Labute approximate surface area is 182 Å². The Morgan fingerprint density at radius 1 is 1.03 bits per heavy atom. The molecule has 0 fully saturated rings. The molecule has 0 saturated carbocycles. The molecule has 0 radical (unpaired) electrons. The standard InChI is InChI=1S/C22H20FNO6S/c1-27-15-10-9-12(19(28-2)20(15)29-3)11-16-18(25)17(22(26)30-4)21(31-16)24-14-8-6-5-7-13(14)23/h5-11,25H,1-4H3. The Kier molecular flexibility index (Phi) is 6.86. The fourth-order valence-corrected chi connectivity index (χ4v) is 3.94. The van der Waals surface area contributed by atoms with Gasteiger partial charge in [-0.15, -0.1) is 0 Å². The lowest BCUT2D eigenvalue weighted by Gasteiger charge is -2.14. The number of nitrogens with zero attached hydrogens (tertiary/aromatic N) is 1. The van der Waals surface area contributed by atoms with Gasteiger partial charge >= 0.3 is 5.97 Å². The van der Waals surface area contributed by atoms with E-state index in [-0.39, 0.29) is 22.1 Å². The summed E-state index contributed by atoms with van der Waals surface area (Å²) in [5.41, 5.74) is 0.441. The summed E-state index contributed by atoms with van der Waals surface area (Å²) in [6.45, 7) is 0. The van der Waals surface area contributed by atoms with Crippen LogP contribution in [0.5, 0.6) is 17.2 Å². The number of esters is 1. The Hall–Kier alpha value is -3.46. The molecular formula is C22H20FNO6S. The van der Waals surface area contributed by atoms with Crippen LogP contribution in [0.15, 0.2) is 57.6 Å². The van der Waals surface area contributed by atoms with Crippen molar-refractivity contribution in [3.05, 3.63) is 64.0 Å². The molecule has 0 saturated heterocycles. The molecule has 0 spiro atoms. The number of aliphatic hydroxyl groups is 1. The second-order valence-electron chi connectivity index (χ2n) is 6.12. The van der Waals surface area contributed by atoms with Crippen molar-refractivity contribution in [2.24, 2.45) is 4.99 Å². The van der Waals surface area contributed by atoms with Crippen LogP contribution in [0.2, 0.25) is 0 Å². The van der Waals surface area contributed by atoms with Crippen LogP contribution in [-0.4, -0.2) is 44.6 Å². The van der Waals surface area contributed by atoms with E-state index in [1.165, 1.54) is 46.6 Å². The van der Waals surface area contributed by atoms with E-state index in [0.29, 0.717) is 27.7 Å². The summed E-state index contributed by atoms with van der Waals surface area (Å²) < 4.78 is 35.0. The Balaban J connectivity index is 2.13. The van der Waals surface area contributed by atoms with Crippen LogP contribution in [0.25, 0.3) is 6.08 Å². The molecule has 0 aliphatic carbocycles. The van der Waals surface area contributed by atoms with Gasteiger partial charge in [-0.05, 0) is 30.3 Å². The van der Waals surface area contributed by atoms with Gasteiger partial charge in [-0.1, -0.05) is 23.9 Å². The highest BCUT2D eigenvalue weighted by molar-refractivity contribution is 8.18. The summed E-state index contributed by atoms with van der Waals surface area (Å²) in [6, 6.07) is 9.27. The number of carbonyl (C=O) groups excluding carboxylic acids is 1. The number of methoxy groups -OCH3 is 4. The minimum absolute atomic E-state index is 0.0316. The van der Waals surface area contributed by atoms with Crippen molar-refractivity contribution in [1.82, 2.24) is 0 Å². The molecule has 2 aromatic carbocycles. The molecule has 162 valence electrons. The van der Waals surface area contributed by atoms with Crippen LogP contribution in [0.1, 0.15) is 5.56 Å². The van der Waals surface area contributed by atoms with Gasteiger partial charge in [0.05, 0.1) is 33.3 Å². The first-order valence-electron chi connectivity index (χ1n) is 8.99. The Morgan fingerprint density at radius 3 is 2.35 bits per heavy atom. The van der Waals surface area contributed by atoms with Gasteiger partial charge in [0.25, 0.3) is 0 Å². The summed E-state index contributed by atoms with van der Waals surface area (Å²) in [6.07, 6.45) is 1.60. The minimum atomic E-state index is -0.789. The van der Waals surface area contributed by atoms with Gasteiger partial charge in [-0.25, -0.2) is 14.2 Å². The average Bonchev–Trinajstić information content (AvgIpc) is 3.08. The second kappa shape index (κ2) is 9.57. The average molecular weight is 445 g/mol. The minimum Gasteiger partial charge on any atom is -0.506 e. The first-order valence-corrected chi connectivity index (χ1v) is 9.80. The maximum absolute atomic E-state index is 14.1. The molecule has 2 aromatic rings. The molecule has 0 bridgehead atoms.